The lowest BCUT2D eigenvalue weighted by atomic mass is 10.3. The number of aliphatic imine (C=N–C) groups is 1. The average Bonchev–Trinajstić information content (AvgIpc) is 3.20. The minimum atomic E-state index is 0.353. The summed E-state index contributed by atoms with van der Waals surface area (Å²) in [5.41, 5.74) is 7.05. The van der Waals surface area contributed by atoms with Crippen LogP contribution in [0.25, 0.3) is 0 Å². The van der Waals surface area contributed by atoms with E-state index in [0.29, 0.717) is 43.0 Å². The van der Waals surface area contributed by atoms with E-state index in [0.717, 1.165) is 18.8 Å². The summed E-state index contributed by atoms with van der Waals surface area (Å²) in [6.07, 6.45) is 2.80. The molecule has 0 spiro atoms. The highest BCUT2D eigenvalue weighted by molar-refractivity contribution is 6.01. The summed E-state index contributed by atoms with van der Waals surface area (Å²) in [5, 5.41) is 15.2. The van der Waals surface area contributed by atoms with Crippen molar-refractivity contribution in [3.63, 3.8) is 0 Å². The molecule has 3 rings (SSSR count). The number of hydrogen-bond acceptors (Lipinski definition) is 4. The van der Waals surface area contributed by atoms with Crippen LogP contribution in [-0.2, 0) is 4.74 Å². The second kappa shape index (κ2) is 5.62. The second-order valence-corrected chi connectivity index (χ2v) is 5.28. The largest absolute Gasteiger partial charge is 0.387 e. The fourth-order valence-electron chi connectivity index (χ4n) is 2.29. The predicted octanol–water partition coefficient (Wildman–Crippen LogP) is 0.975. The van der Waals surface area contributed by atoms with Gasteiger partial charge in [-0.15, -0.1) is 0 Å². The molecule has 7 nitrogen and oxygen atoms in total. The van der Waals surface area contributed by atoms with Crippen molar-refractivity contribution < 1.29 is 4.74 Å². The number of ether oxygens (including phenoxy) is 1. The van der Waals surface area contributed by atoms with E-state index in [1.54, 1.807) is 0 Å². The van der Waals surface area contributed by atoms with Gasteiger partial charge in [0.05, 0.1) is 19.6 Å². The van der Waals surface area contributed by atoms with Gasteiger partial charge in [0.25, 0.3) is 0 Å². The third-order valence-corrected chi connectivity index (χ3v) is 3.60. The van der Waals surface area contributed by atoms with Crippen LogP contribution in [0.3, 0.4) is 0 Å². The number of aromatic amines is 1. The average molecular weight is 276 g/mol. The Balaban J connectivity index is 1.57. The van der Waals surface area contributed by atoms with E-state index in [-0.39, 0.29) is 0 Å². The third-order valence-electron chi connectivity index (χ3n) is 3.60. The monoisotopic (exact) mass is 276 g/mol. The van der Waals surface area contributed by atoms with Crippen molar-refractivity contribution >= 4 is 17.5 Å². The van der Waals surface area contributed by atoms with Crippen LogP contribution in [0.15, 0.2) is 11.1 Å². The first-order chi connectivity index (χ1) is 9.72. The molecule has 2 aliphatic rings. The van der Waals surface area contributed by atoms with Crippen LogP contribution in [0.1, 0.15) is 30.9 Å². The Morgan fingerprint density at radius 1 is 1.50 bits per heavy atom. The van der Waals surface area contributed by atoms with Crippen molar-refractivity contribution in [2.45, 2.75) is 25.2 Å². The number of aromatic nitrogens is 2. The molecule has 2 fully saturated rings. The van der Waals surface area contributed by atoms with Crippen molar-refractivity contribution in [2.75, 3.05) is 26.3 Å². The smallest absolute Gasteiger partial charge is 0.175 e. The lowest BCUT2D eigenvalue weighted by Crippen LogP contribution is -2.41. The van der Waals surface area contributed by atoms with Crippen molar-refractivity contribution in [3.8, 4) is 0 Å². The Morgan fingerprint density at radius 3 is 2.95 bits per heavy atom. The first kappa shape index (κ1) is 13.1. The lowest BCUT2D eigenvalue weighted by molar-refractivity contribution is 0.0672. The first-order valence-electron chi connectivity index (χ1n) is 7.01. The van der Waals surface area contributed by atoms with Crippen LogP contribution >= 0.6 is 0 Å². The molecule has 1 aromatic rings. The van der Waals surface area contributed by atoms with Gasteiger partial charge in [-0.1, -0.05) is 0 Å². The van der Waals surface area contributed by atoms with Gasteiger partial charge in [0, 0.05) is 30.8 Å². The predicted molar refractivity (Wildman–Crippen MR) is 76.6 cm³/mol. The normalized spacial score (nSPS) is 20.2. The second-order valence-electron chi connectivity index (χ2n) is 5.28. The Labute approximate surface area is 117 Å². The lowest BCUT2D eigenvalue weighted by Gasteiger charge is -2.28. The third kappa shape index (κ3) is 3.16. The molecule has 0 unspecified atom stereocenters. The number of nitrogens with zero attached hydrogens (tertiary/aromatic N) is 3. The molecule has 1 saturated heterocycles. The summed E-state index contributed by atoms with van der Waals surface area (Å²) < 4.78 is 5.27. The van der Waals surface area contributed by atoms with E-state index in [4.69, 9.17) is 15.9 Å². The van der Waals surface area contributed by atoms with Gasteiger partial charge in [0.2, 0.25) is 0 Å². The van der Waals surface area contributed by atoms with Crippen LogP contribution in [-0.4, -0.2) is 53.1 Å². The van der Waals surface area contributed by atoms with Crippen LogP contribution in [0, 0.1) is 5.41 Å². The maximum Gasteiger partial charge on any atom is 0.175 e. The molecule has 2 heterocycles. The molecular formula is C13H20N6O. The van der Waals surface area contributed by atoms with E-state index in [1.807, 2.05) is 11.0 Å². The minimum Gasteiger partial charge on any atom is -0.387 e. The number of hydrogen-bond donors (Lipinski definition) is 3. The van der Waals surface area contributed by atoms with Gasteiger partial charge in [-0.25, -0.2) is 4.99 Å². The minimum absolute atomic E-state index is 0.353. The molecule has 0 amide bonds. The summed E-state index contributed by atoms with van der Waals surface area (Å²) in [7, 11) is 0. The highest BCUT2D eigenvalue weighted by atomic mass is 16.5. The number of nitrogens with two attached hydrogens (primary N) is 1. The number of amidine groups is 2. The van der Waals surface area contributed by atoms with E-state index in [2.05, 4.69) is 15.2 Å². The molecule has 0 radical (unpaired) electrons. The zero-order valence-corrected chi connectivity index (χ0v) is 11.4. The maximum absolute atomic E-state index is 8.04. The van der Waals surface area contributed by atoms with Gasteiger partial charge in [-0.3, -0.25) is 10.5 Å². The Morgan fingerprint density at radius 2 is 2.25 bits per heavy atom. The van der Waals surface area contributed by atoms with Gasteiger partial charge >= 0.3 is 0 Å². The highest BCUT2D eigenvalue weighted by Gasteiger charge is 2.25. The fraction of sp³-hybridized carbons (Fsp3) is 0.615. The molecular weight excluding hydrogens is 256 g/mol. The maximum atomic E-state index is 8.04. The van der Waals surface area contributed by atoms with E-state index >= 15 is 0 Å². The van der Waals surface area contributed by atoms with Crippen molar-refractivity contribution in [2.24, 2.45) is 10.7 Å². The van der Waals surface area contributed by atoms with E-state index in [1.165, 1.54) is 12.8 Å². The van der Waals surface area contributed by atoms with Gasteiger partial charge in [-0.2, -0.15) is 5.10 Å². The molecule has 7 heteroatoms. The number of H-pyrrole nitrogens is 1. The molecule has 20 heavy (non-hydrogen) atoms. The van der Waals surface area contributed by atoms with Crippen molar-refractivity contribution in [1.29, 1.82) is 5.41 Å². The fourth-order valence-corrected chi connectivity index (χ4v) is 2.29. The Hall–Kier alpha value is -1.89. The molecule has 1 aromatic heterocycles. The summed E-state index contributed by atoms with van der Waals surface area (Å²) in [6, 6.07) is 1.95. The molecule has 4 N–H and O–H groups in total. The summed E-state index contributed by atoms with van der Waals surface area (Å²) in [5.74, 6) is 2.15. The standard InChI is InChI=1S/C13H20N6O/c14-11(8-12(15)19-3-5-20-6-4-19)16-13-7-10(17-18-13)9-1-2-9/h7,9,15H,1-6,8H2,(H3,14,16,17,18). The SMILES string of the molecule is N=C(CC(N)=Nc1cc(C2CC2)[nH]n1)N1CCOCC1. The number of nitrogens with one attached hydrogen (secondary N) is 2. The zero-order chi connectivity index (χ0) is 13.9. The molecule has 0 atom stereocenters. The topological polar surface area (TPSA) is 103 Å². The summed E-state index contributed by atoms with van der Waals surface area (Å²) >= 11 is 0. The highest BCUT2D eigenvalue weighted by Crippen LogP contribution is 2.39. The number of morpholine rings is 1. The molecule has 0 aromatic carbocycles. The molecule has 1 saturated carbocycles. The van der Waals surface area contributed by atoms with Gasteiger partial charge in [0.15, 0.2) is 5.82 Å². The van der Waals surface area contributed by atoms with E-state index in [9.17, 15) is 0 Å². The van der Waals surface area contributed by atoms with Gasteiger partial charge in [0.1, 0.15) is 11.7 Å². The van der Waals surface area contributed by atoms with Crippen LogP contribution in [0.4, 0.5) is 5.82 Å². The van der Waals surface area contributed by atoms with Crippen molar-refractivity contribution in [3.05, 3.63) is 11.8 Å². The van der Waals surface area contributed by atoms with E-state index < -0.39 is 0 Å². The van der Waals surface area contributed by atoms with Crippen LogP contribution in [0.2, 0.25) is 0 Å². The van der Waals surface area contributed by atoms with Crippen LogP contribution < -0.4 is 5.73 Å². The first-order valence-corrected chi connectivity index (χ1v) is 7.01. The van der Waals surface area contributed by atoms with Gasteiger partial charge < -0.3 is 15.4 Å². The molecule has 1 aliphatic heterocycles. The summed E-state index contributed by atoms with van der Waals surface area (Å²) in [6.45, 7) is 2.84. The van der Waals surface area contributed by atoms with Crippen LogP contribution in [0.5, 0.6) is 0 Å². The van der Waals surface area contributed by atoms with Gasteiger partial charge in [-0.05, 0) is 12.8 Å². The quantitative estimate of drug-likeness (QED) is 0.563. The summed E-state index contributed by atoms with van der Waals surface area (Å²) in [4.78, 5) is 6.26. The molecule has 1 aliphatic carbocycles. The Kier molecular flexibility index (Phi) is 3.68. The molecule has 0 bridgehead atoms. The Bertz CT molecular complexity index is 513. The number of rotatable bonds is 4. The van der Waals surface area contributed by atoms with Crippen molar-refractivity contribution in [1.82, 2.24) is 15.1 Å². The molecule has 108 valence electrons. The zero-order valence-electron chi connectivity index (χ0n) is 11.4.